The van der Waals surface area contributed by atoms with Crippen LogP contribution in [0.25, 0.3) is 10.9 Å². The van der Waals surface area contributed by atoms with Crippen molar-refractivity contribution in [3.8, 4) is 0 Å². The van der Waals surface area contributed by atoms with Crippen LogP contribution in [0.5, 0.6) is 0 Å². The van der Waals surface area contributed by atoms with Gasteiger partial charge in [-0.2, -0.15) is 0 Å². The van der Waals surface area contributed by atoms with Gasteiger partial charge in [0.1, 0.15) is 5.82 Å². The van der Waals surface area contributed by atoms with Crippen molar-refractivity contribution in [3.63, 3.8) is 0 Å². The summed E-state index contributed by atoms with van der Waals surface area (Å²) < 4.78 is 14.9. The number of nitrogens with two attached hydrogens (primary N) is 1. The Morgan fingerprint density at radius 3 is 2.95 bits per heavy atom. The van der Waals surface area contributed by atoms with E-state index in [0.717, 1.165) is 10.2 Å². The Bertz CT molecular complexity index is 691. The Labute approximate surface area is 123 Å². The van der Waals surface area contributed by atoms with Crippen molar-refractivity contribution in [2.75, 3.05) is 18.0 Å². The average Bonchev–Trinajstić information content (AvgIpc) is 2.92. The number of carbonyl (C=O) groups is 1. The Morgan fingerprint density at radius 1 is 1.45 bits per heavy atom. The van der Waals surface area contributed by atoms with E-state index in [1.807, 2.05) is 4.90 Å². The topological polar surface area (TPSA) is 59.2 Å². The SMILES string of the molecule is NC(=O)C1CCN(c2ccnc3c(Br)ccc(F)c23)C1. The lowest BCUT2D eigenvalue weighted by Gasteiger charge is -2.20. The van der Waals surface area contributed by atoms with E-state index in [9.17, 15) is 9.18 Å². The fraction of sp³-hybridized carbons (Fsp3) is 0.286. The third kappa shape index (κ3) is 2.14. The summed E-state index contributed by atoms with van der Waals surface area (Å²) in [6, 6.07) is 4.84. The van der Waals surface area contributed by atoms with E-state index >= 15 is 0 Å². The first-order valence-electron chi connectivity index (χ1n) is 6.35. The molecule has 1 aromatic heterocycles. The number of amides is 1. The number of aromatic nitrogens is 1. The van der Waals surface area contributed by atoms with Crippen LogP contribution in [-0.2, 0) is 4.79 Å². The molecule has 0 saturated carbocycles. The maximum atomic E-state index is 14.2. The molecule has 1 fully saturated rings. The molecule has 0 bridgehead atoms. The molecule has 0 spiro atoms. The summed E-state index contributed by atoms with van der Waals surface area (Å²) in [7, 11) is 0. The molecular weight excluding hydrogens is 325 g/mol. The van der Waals surface area contributed by atoms with Crippen molar-refractivity contribution in [2.24, 2.45) is 11.7 Å². The number of rotatable bonds is 2. The molecule has 20 heavy (non-hydrogen) atoms. The first-order chi connectivity index (χ1) is 9.58. The fourth-order valence-corrected chi connectivity index (χ4v) is 3.08. The summed E-state index contributed by atoms with van der Waals surface area (Å²) in [5.41, 5.74) is 6.69. The predicted octanol–water partition coefficient (Wildman–Crippen LogP) is 2.45. The normalized spacial score (nSPS) is 18.7. The molecule has 2 heterocycles. The monoisotopic (exact) mass is 337 g/mol. The van der Waals surface area contributed by atoms with Crippen LogP contribution in [0.15, 0.2) is 28.9 Å². The molecule has 1 saturated heterocycles. The molecule has 1 aromatic carbocycles. The summed E-state index contributed by atoms with van der Waals surface area (Å²) in [6.07, 6.45) is 2.36. The van der Waals surface area contributed by atoms with E-state index < -0.39 is 0 Å². The lowest BCUT2D eigenvalue weighted by atomic mass is 10.1. The van der Waals surface area contributed by atoms with Gasteiger partial charge >= 0.3 is 0 Å². The highest BCUT2D eigenvalue weighted by atomic mass is 79.9. The summed E-state index contributed by atoms with van der Waals surface area (Å²) in [5, 5.41) is 0.479. The molecule has 6 heteroatoms. The van der Waals surface area contributed by atoms with Gasteiger partial charge in [0, 0.05) is 23.8 Å². The highest BCUT2D eigenvalue weighted by molar-refractivity contribution is 9.10. The van der Waals surface area contributed by atoms with Crippen LogP contribution < -0.4 is 10.6 Å². The third-order valence-corrected chi connectivity index (χ3v) is 4.34. The van der Waals surface area contributed by atoms with E-state index in [0.29, 0.717) is 30.4 Å². The second-order valence-electron chi connectivity index (χ2n) is 4.92. The molecule has 4 nitrogen and oxygen atoms in total. The molecule has 2 aromatic rings. The number of hydrogen-bond donors (Lipinski definition) is 1. The van der Waals surface area contributed by atoms with E-state index in [2.05, 4.69) is 20.9 Å². The van der Waals surface area contributed by atoms with Gasteiger partial charge in [0.05, 0.1) is 22.5 Å². The first kappa shape index (κ1) is 13.3. The number of primary amides is 1. The lowest BCUT2D eigenvalue weighted by molar-refractivity contribution is -0.121. The number of fused-ring (bicyclic) bond motifs is 1. The number of halogens is 2. The minimum absolute atomic E-state index is 0.173. The summed E-state index contributed by atoms with van der Waals surface area (Å²) in [4.78, 5) is 17.5. The first-order valence-corrected chi connectivity index (χ1v) is 7.14. The number of pyridine rings is 1. The van der Waals surface area contributed by atoms with Crippen LogP contribution in [0.3, 0.4) is 0 Å². The maximum absolute atomic E-state index is 14.2. The number of nitrogens with zero attached hydrogens (tertiary/aromatic N) is 2. The Hall–Kier alpha value is -1.69. The summed E-state index contributed by atoms with van der Waals surface area (Å²) >= 11 is 3.39. The second kappa shape index (κ2) is 5.01. The molecule has 1 unspecified atom stereocenters. The standard InChI is InChI=1S/C14H13BrFN3O/c15-9-1-2-10(16)12-11(3-5-18-13(9)12)19-6-4-8(7-19)14(17)20/h1-3,5,8H,4,6-7H2,(H2,17,20). The van der Waals surface area contributed by atoms with Gasteiger partial charge in [0.25, 0.3) is 0 Å². The van der Waals surface area contributed by atoms with Gasteiger partial charge in [-0.15, -0.1) is 0 Å². The molecule has 104 valence electrons. The van der Waals surface area contributed by atoms with Gasteiger partial charge in [-0.3, -0.25) is 9.78 Å². The molecule has 3 rings (SSSR count). The average molecular weight is 338 g/mol. The van der Waals surface area contributed by atoms with Gasteiger partial charge in [-0.25, -0.2) is 4.39 Å². The largest absolute Gasteiger partial charge is 0.370 e. The zero-order valence-electron chi connectivity index (χ0n) is 10.6. The highest BCUT2D eigenvalue weighted by Crippen LogP contribution is 2.34. The zero-order chi connectivity index (χ0) is 14.3. The molecule has 2 N–H and O–H groups in total. The van der Waals surface area contributed by atoms with Crippen LogP contribution in [0, 0.1) is 11.7 Å². The van der Waals surface area contributed by atoms with Crippen molar-refractivity contribution in [1.29, 1.82) is 0 Å². The van der Waals surface area contributed by atoms with Crippen molar-refractivity contribution in [1.82, 2.24) is 4.98 Å². The Balaban J connectivity index is 2.09. The minimum Gasteiger partial charge on any atom is -0.370 e. The molecule has 0 radical (unpaired) electrons. The smallest absolute Gasteiger partial charge is 0.222 e. The van der Waals surface area contributed by atoms with Crippen LogP contribution in [-0.4, -0.2) is 24.0 Å². The van der Waals surface area contributed by atoms with Gasteiger partial charge in [0.15, 0.2) is 0 Å². The second-order valence-corrected chi connectivity index (χ2v) is 5.77. The zero-order valence-corrected chi connectivity index (χ0v) is 12.2. The number of benzene rings is 1. The Morgan fingerprint density at radius 2 is 2.25 bits per heavy atom. The van der Waals surface area contributed by atoms with Crippen LogP contribution in [0.4, 0.5) is 10.1 Å². The van der Waals surface area contributed by atoms with Crippen molar-refractivity contribution in [3.05, 3.63) is 34.7 Å². The van der Waals surface area contributed by atoms with Crippen LogP contribution >= 0.6 is 15.9 Å². The van der Waals surface area contributed by atoms with E-state index in [1.54, 1.807) is 18.3 Å². The molecule has 1 aliphatic rings. The van der Waals surface area contributed by atoms with Gasteiger partial charge < -0.3 is 10.6 Å². The number of hydrogen-bond acceptors (Lipinski definition) is 3. The summed E-state index contributed by atoms with van der Waals surface area (Å²) in [5.74, 6) is -0.783. The van der Waals surface area contributed by atoms with Crippen LogP contribution in [0.1, 0.15) is 6.42 Å². The van der Waals surface area contributed by atoms with Crippen LogP contribution in [0.2, 0.25) is 0 Å². The molecular formula is C14H13BrFN3O. The van der Waals surface area contributed by atoms with Gasteiger partial charge in [0.2, 0.25) is 5.91 Å². The van der Waals surface area contributed by atoms with E-state index in [-0.39, 0.29) is 17.6 Å². The highest BCUT2D eigenvalue weighted by Gasteiger charge is 2.28. The van der Waals surface area contributed by atoms with Gasteiger partial charge in [-0.05, 0) is 40.5 Å². The van der Waals surface area contributed by atoms with Crippen molar-refractivity contribution in [2.45, 2.75) is 6.42 Å². The molecule has 1 atom stereocenters. The number of carbonyl (C=O) groups excluding carboxylic acids is 1. The fourth-order valence-electron chi connectivity index (χ4n) is 2.65. The summed E-state index contributed by atoms with van der Waals surface area (Å²) in [6.45, 7) is 1.22. The molecule has 0 aliphatic carbocycles. The van der Waals surface area contributed by atoms with Gasteiger partial charge in [-0.1, -0.05) is 0 Å². The third-order valence-electron chi connectivity index (χ3n) is 3.70. The lowest BCUT2D eigenvalue weighted by Crippen LogP contribution is -2.27. The minimum atomic E-state index is -0.311. The van der Waals surface area contributed by atoms with E-state index in [1.165, 1.54) is 6.07 Å². The van der Waals surface area contributed by atoms with Crippen molar-refractivity contribution < 1.29 is 9.18 Å². The van der Waals surface area contributed by atoms with E-state index in [4.69, 9.17) is 5.73 Å². The number of anilines is 1. The maximum Gasteiger partial charge on any atom is 0.222 e. The molecule has 1 aliphatic heterocycles. The van der Waals surface area contributed by atoms with Crippen molar-refractivity contribution >= 4 is 38.4 Å². The Kier molecular flexibility index (Phi) is 3.33. The quantitative estimate of drug-likeness (QED) is 0.915. The predicted molar refractivity (Wildman–Crippen MR) is 78.9 cm³/mol. The molecule has 1 amide bonds.